The maximum atomic E-state index is 5.15. The molecule has 0 spiro atoms. The number of para-hydroxylation sites is 2. The minimum atomic E-state index is 0.894. The minimum absolute atomic E-state index is 0.894. The molecule has 228 valence electrons. The van der Waals surface area contributed by atoms with Gasteiger partial charge in [-0.05, 0) is 69.8 Å². The zero-order chi connectivity index (χ0) is 32.3. The molecule has 4 heterocycles. The van der Waals surface area contributed by atoms with Crippen LogP contribution in [0.5, 0.6) is 0 Å². The number of benzene rings is 6. The fourth-order valence-corrected chi connectivity index (χ4v) is 7.33. The largest absolute Gasteiger partial charge is 0.290 e. The summed E-state index contributed by atoms with van der Waals surface area (Å²) in [6, 6.07) is 57.7. The van der Waals surface area contributed by atoms with Gasteiger partial charge in [0.2, 0.25) is 0 Å². The van der Waals surface area contributed by atoms with E-state index in [2.05, 4.69) is 156 Å². The predicted molar refractivity (Wildman–Crippen MR) is 203 cm³/mol. The number of imidazole rings is 1. The van der Waals surface area contributed by atoms with Crippen molar-refractivity contribution in [2.75, 3.05) is 0 Å². The van der Waals surface area contributed by atoms with Crippen LogP contribution in [0, 0.1) is 0 Å². The van der Waals surface area contributed by atoms with E-state index in [-0.39, 0.29) is 0 Å². The second kappa shape index (κ2) is 11.0. The molecule has 49 heavy (non-hydrogen) atoms. The first-order valence-corrected chi connectivity index (χ1v) is 16.5. The lowest BCUT2D eigenvalue weighted by Crippen LogP contribution is -1.94. The number of pyridine rings is 3. The second-order valence-electron chi connectivity index (χ2n) is 12.5. The number of hydrogen-bond donors (Lipinski definition) is 0. The Kier molecular flexibility index (Phi) is 6.15. The molecule has 0 unspecified atom stereocenters. The van der Waals surface area contributed by atoms with Gasteiger partial charge in [0, 0.05) is 33.5 Å². The van der Waals surface area contributed by atoms with Crippen LogP contribution in [-0.2, 0) is 0 Å². The van der Waals surface area contributed by atoms with Gasteiger partial charge in [0.15, 0.2) is 0 Å². The van der Waals surface area contributed by atoms with Crippen LogP contribution in [0.25, 0.3) is 94.0 Å². The molecule has 10 rings (SSSR count). The summed E-state index contributed by atoms with van der Waals surface area (Å²) in [5.41, 5.74) is 11.3. The molecule has 0 bridgehead atoms. The monoisotopic (exact) mass is 624 g/mol. The summed E-state index contributed by atoms with van der Waals surface area (Å²) >= 11 is 0. The summed E-state index contributed by atoms with van der Waals surface area (Å²) in [7, 11) is 0. The molecule has 0 saturated heterocycles. The van der Waals surface area contributed by atoms with Crippen LogP contribution in [-0.4, -0.2) is 19.4 Å². The van der Waals surface area contributed by atoms with Crippen molar-refractivity contribution < 1.29 is 0 Å². The average molecular weight is 625 g/mol. The molecule has 0 radical (unpaired) electrons. The zero-order valence-electron chi connectivity index (χ0n) is 26.5. The van der Waals surface area contributed by atoms with E-state index in [1.54, 1.807) is 0 Å². The summed E-state index contributed by atoms with van der Waals surface area (Å²) in [6.07, 6.45) is 1.84. The molecule has 6 aromatic carbocycles. The minimum Gasteiger partial charge on any atom is -0.290 e. The van der Waals surface area contributed by atoms with Crippen molar-refractivity contribution in [3.05, 3.63) is 170 Å². The van der Waals surface area contributed by atoms with E-state index in [4.69, 9.17) is 15.0 Å². The number of fused-ring (bicyclic) bond motifs is 8. The second-order valence-corrected chi connectivity index (χ2v) is 12.5. The topological polar surface area (TPSA) is 43.1 Å². The molecule has 0 fully saturated rings. The first kappa shape index (κ1) is 27.5. The highest BCUT2D eigenvalue weighted by atomic mass is 15.0. The average Bonchev–Trinajstić information content (AvgIpc) is 3.58. The van der Waals surface area contributed by atoms with Gasteiger partial charge in [0.05, 0.1) is 33.8 Å². The Morgan fingerprint density at radius 1 is 0.429 bits per heavy atom. The first-order valence-electron chi connectivity index (χ1n) is 16.5. The lowest BCUT2D eigenvalue weighted by Gasteiger charge is -2.13. The van der Waals surface area contributed by atoms with Crippen LogP contribution in [0.15, 0.2) is 170 Å². The Morgan fingerprint density at radius 2 is 1.14 bits per heavy atom. The van der Waals surface area contributed by atoms with Gasteiger partial charge >= 0.3 is 0 Å². The van der Waals surface area contributed by atoms with Crippen molar-refractivity contribution in [2.24, 2.45) is 0 Å². The normalized spacial score (nSPS) is 11.7. The maximum Gasteiger partial charge on any atom is 0.138 e. The van der Waals surface area contributed by atoms with Gasteiger partial charge in [-0.1, -0.05) is 121 Å². The van der Waals surface area contributed by atoms with Crippen molar-refractivity contribution >= 4 is 49.0 Å². The maximum absolute atomic E-state index is 5.15. The molecule has 0 aliphatic rings. The molecule has 4 aromatic heterocycles. The van der Waals surface area contributed by atoms with Crippen LogP contribution in [0.2, 0.25) is 0 Å². The molecular formula is C45H28N4. The molecule has 0 N–H and O–H groups in total. The molecule has 4 nitrogen and oxygen atoms in total. The van der Waals surface area contributed by atoms with E-state index in [0.717, 1.165) is 61.5 Å². The van der Waals surface area contributed by atoms with E-state index in [9.17, 15) is 0 Å². The van der Waals surface area contributed by atoms with E-state index in [0.29, 0.717) is 0 Å². The molecule has 0 aliphatic carbocycles. The number of aromatic nitrogens is 4. The molecular weight excluding hydrogens is 597 g/mol. The van der Waals surface area contributed by atoms with Gasteiger partial charge in [-0.15, -0.1) is 0 Å². The highest BCUT2D eigenvalue weighted by molar-refractivity contribution is 6.22. The highest BCUT2D eigenvalue weighted by Gasteiger charge is 2.19. The van der Waals surface area contributed by atoms with Gasteiger partial charge in [0.1, 0.15) is 5.65 Å². The Morgan fingerprint density at radius 3 is 2.02 bits per heavy atom. The number of hydrogen-bond acceptors (Lipinski definition) is 3. The first-order chi connectivity index (χ1) is 24.3. The van der Waals surface area contributed by atoms with Crippen molar-refractivity contribution in [1.82, 2.24) is 19.4 Å². The smallest absolute Gasteiger partial charge is 0.138 e. The number of nitrogens with zero attached hydrogens (tertiary/aromatic N) is 4. The SMILES string of the molecule is c1ccc(-c2nc3ccccc3c3c2ccc2cc(-c4ccc(-c5nc6ccc7ccccc7n6c5-c5ccccn5)cc4)ccc23)cc1. The molecule has 4 heteroatoms. The quantitative estimate of drug-likeness (QED) is 0.183. The van der Waals surface area contributed by atoms with Crippen molar-refractivity contribution in [3.8, 4) is 45.0 Å². The Labute approximate surface area is 282 Å². The van der Waals surface area contributed by atoms with E-state index in [1.807, 2.05) is 18.3 Å². The summed E-state index contributed by atoms with van der Waals surface area (Å²) in [5.74, 6) is 0. The van der Waals surface area contributed by atoms with E-state index < -0.39 is 0 Å². The van der Waals surface area contributed by atoms with Crippen LogP contribution in [0.3, 0.4) is 0 Å². The third-order valence-electron chi connectivity index (χ3n) is 9.62. The van der Waals surface area contributed by atoms with Crippen molar-refractivity contribution in [1.29, 1.82) is 0 Å². The summed E-state index contributed by atoms with van der Waals surface area (Å²) in [5, 5.41) is 7.17. The lowest BCUT2D eigenvalue weighted by molar-refractivity contribution is 1.22. The summed E-state index contributed by atoms with van der Waals surface area (Å²) < 4.78 is 2.23. The molecule has 0 saturated carbocycles. The molecule has 10 aromatic rings. The fourth-order valence-electron chi connectivity index (χ4n) is 7.33. The lowest BCUT2D eigenvalue weighted by atomic mass is 9.93. The van der Waals surface area contributed by atoms with E-state index in [1.165, 1.54) is 32.5 Å². The highest BCUT2D eigenvalue weighted by Crippen LogP contribution is 2.39. The Bertz CT molecular complexity index is 2860. The van der Waals surface area contributed by atoms with Gasteiger partial charge < -0.3 is 0 Å². The predicted octanol–water partition coefficient (Wildman–Crippen LogP) is 11.4. The standard InChI is InChI=1S/C45H28N4/c1-2-11-31(12-3-1)43-37-25-22-34-28-33(21-24-35(34)42(37)36-13-5-6-14-38(36)47-43)29-17-19-32(20-18-29)44-45(39-15-8-9-27-46-39)49-40-16-7-4-10-30(40)23-26-41(49)48-44/h1-28H. The fraction of sp³-hybridized carbons (Fsp3) is 0. The van der Waals surface area contributed by atoms with Crippen LogP contribution in [0.1, 0.15) is 0 Å². The van der Waals surface area contributed by atoms with Crippen LogP contribution < -0.4 is 0 Å². The van der Waals surface area contributed by atoms with E-state index >= 15 is 0 Å². The number of rotatable bonds is 4. The van der Waals surface area contributed by atoms with Crippen molar-refractivity contribution in [2.45, 2.75) is 0 Å². The Hall–Kier alpha value is -6.65. The molecule has 0 aliphatic heterocycles. The Balaban J connectivity index is 1.11. The van der Waals surface area contributed by atoms with Gasteiger partial charge in [0.25, 0.3) is 0 Å². The van der Waals surface area contributed by atoms with Gasteiger partial charge in [-0.25, -0.2) is 9.97 Å². The van der Waals surface area contributed by atoms with Crippen LogP contribution in [0.4, 0.5) is 0 Å². The van der Waals surface area contributed by atoms with Gasteiger partial charge in [-0.3, -0.25) is 9.38 Å². The third kappa shape index (κ3) is 4.42. The summed E-state index contributed by atoms with van der Waals surface area (Å²) in [6.45, 7) is 0. The molecule has 0 atom stereocenters. The van der Waals surface area contributed by atoms with Gasteiger partial charge in [-0.2, -0.15) is 0 Å². The zero-order valence-corrected chi connectivity index (χ0v) is 26.5. The van der Waals surface area contributed by atoms with Crippen LogP contribution >= 0.6 is 0 Å². The summed E-state index contributed by atoms with van der Waals surface area (Å²) in [4.78, 5) is 15.0. The molecule has 0 amide bonds. The van der Waals surface area contributed by atoms with Crippen molar-refractivity contribution in [3.63, 3.8) is 0 Å². The third-order valence-corrected chi connectivity index (χ3v) is 9.62.